The number of nitrogens with one attached hydrogen (secondary N) is 1. The van der Waals surface area contributed by atoms with E-state index in [1.165, 1.54) is 25.9 Å². The number of amides is 1. The molecular weight excluding hydrogens is 352 g/mol. The fourth-order valence-electron chi connectivity index (χ4n) is 4.14. The molecule has 1 aromatic rings. The van der Waals surface area contributed by atoms with Gasteiger partial charge in [0.25, 0.3) is 5.91 Å². The molecule has 1 saturated heterocycles. The molecular formula is C23H36N2O3. The molecule has 1 N–H and O–H groups in total. The molecule has 2 fully saturated rings. The Kier molecular flexibility index (Phi) is 7.74. The summed E-state index contributed by atoms with van der Waals surface area (Å²) in [6, 6.07) is 7.70. The quantitative estimate of drug-likeness (QED) is 0.678. The second-order valence-electron chi connectivity index (χ2n) is 8.40. The molecule has 5 nitrogen and oxygen atoms in total. The highest BCUT2D eigenvalue weighted by Crippen LogP contribution is 2.34. The molecule has 0 unspecified atom stereocenters. The van der Waals surface area contributed by atoms with Gasteiger partial charge in [0.1, 0.15) is 18.0 Å². The molecule has 2 aliphatic rings. The van der Waals surface area contributed by atoms with E-state index in [2.05, 4.69) is 24.1 Å². The Labute approximate surface area is 169 Å². The number of carbonyl (C=O) groups is 1. The topological polar surface area (TPSA) is 50.8 Å². The second kappa shape index (κ2) is 10.3. The summed E-state index contributed by atoms with van der Waals surface area (Å²) in [5, 5.41) is 3.04. The molecule has 0 atom stereocenters. The van der Waals surface area contributed by atoms with Gasteiger partial charge in [-0.25, -0.2) is 0 Å². The van der Waals surface area contributed by atoms with Crippen molar-refractivity contribution in [2.24, 2.45) is 5.92 Å². The smallest absolute Gasteiger partial charge is 0.256 e. The van der Waals surface area contributed by atoms with Gasteiger partial charge in [0.15, 0.2) is 0 Å². The van der Waals surface area contributed by atoms with Crippen molar-refractivity contribution < 1.29 is 14.3 Å². The van der Waals surface area contributed by atoms with E-state index in [1.807, 2.05) is 24.3 Å². The molecule has 0 radical (unpaired) electrons. The minimum Gasteiger partial charge on any atom is -0.492 e. The van der Waals surface area contributed by atoms with E-state index in [-0.39, 0.29) is 5.91 Å². The first-order valence-corrected chi connectivity index (χ1v) is 11.0. The highest BCUT2D eigenvalue weighted by atomic mass is 16.5. The van der Waals surface area contributed by atoms with Gasteiger partial charge < -0.3 is 14.8 Å². The monoisotopic (exact) mass is 388 g/mol. The Hall–Kier alpha value is -1.59. The Morgan fingerprint density at radius 1 is 1.14 bits per heavy atom. The fourth-order valence-corrected chi connectivity index (χ4v) is 4.14. The molecule has 1 amide bonds. The van der Waals surface area contributed by atoms with Gasteiger partial charge in [0, 0.05) is 18.8 Å². The largest absolute Gasteiger partial charge is 0.492 e. The Morgan fingerprint density at radius 2 is 1.82 bits per heavy atom. The van der Waals surface area contributed by atoms with Crippen molar-refractivity contribution in [3.8, 4) is 5.75 Å². The summed E-state index contributed by atoms with van der Waals surface area (Å²) in [7, 11) is 0. The number of hydrogen-bond acceptors (Lipinski definition) is 4. The van der Waals surface area contributed by atoms with Crippen LogP contribution in [0.15, 0.2) is 24.3 Å². The Morgan fingerprint density at radius 3 is 2.46 bits per heavy atom. The van der Waals surface area contributed by atoms with E-state index in [1.54, 1.807) is 0 Å². The van der Waals surface area contributed by atoms with Crippen LogP contribution in [0.2, 0.25) is 0 Å². The molecule has 0 aromatic heterocycles. The number of benzene rings is 1. The zero-order valence-corrected chi connectivity index (χ0v) is 17.5. The van der Waals surface area contributed by atoms with Crippen LogP contribution >= 0.6 is 0 Å². The Balaban J connectivity index is 1.45. The number of piperidine rings is 1. The average molecular weight is 389 g/mol. The standard InChI is InChI=1S/C23H36N2O3/c1-3-17-28-23(12-4-5-13-23)22(26)24-20-6-8-21(9-7-20)27-18-16-25-14-10-19(2)11-15-25/h6-9,19H,3-5,10-18H2,1-2H3,(H,24,26). The fraction of sp³-hybridized carbons (Fsp3) is 0.696. The van der Waals surface area contributed by atoms with Crippen LogP contribution in [-0.4, -0.2) is 49.3 Å². The maximum Gasteiger partial charge on any atom is 0.256 e. The van der Waals surface area contributed by atoms with Crippen molar-refractivity contribution in [3.05, 3.63) is 24.3 Å². The van der Waals surface area contributed by atoms with E-state index >= 15 is 0 Å². The molecule has 1 heterocycles. The lowest BCUT2D eigenvalue weighted by Gasteiger charge is -2.29. The van der Waals surface area contributed by atoms with Gasteiger partial charge in [0.2, 0.25) is 0 Å². The van der Waals surface area contributed by atoms with Gasteiger partial charge >= 0.3 is 0 Å². The summed E-state index contributed by atoms with van der Waals surface area (Å²) in [6.45, 7) is 9.07. The number of rotatable bonds is 9. The molecule has 5 heteroatoms. The van der Waals surface area contributed by atoms with Crippen molar-refractivity contribution in [1.82, 2.24) is 4.90 Å². The first kappa shape index (κ1) is 21.1. The maximum absolute atomic E-state index is 12.8. The van der Waals surface area contributed by atoms with Crippen LogP contribution in [0, 0.1) is 5.92 Å². The van der Waals surface area contributed by atoms with E-state index in [9.17, 15) is 4.79 Å². The van der Waals surface area contributed by atoms with Crippen molar-refractivity contribution in [1.29, 1.82) is 0 Å². The van der Waals surface area contributed by atoms with Gasteiger partial charge in [-0.1, -0.05) is 13.8 Å². The zero-order valence-electron chi connectivity index (χ0n) is 17.5. The van der Waals surface area contributed by atoms with Crippen LogP contribution in [0.3, 0.4) is 0 Å². The van der Waals surface area contributed by atoms with Gasteiger partial charge in [0.05, 0.1) is 0 Å². The first-order valence-electron chi connectivity index (χ1n) is 11.0. The lowest BCUT2D eigenvalue weighted by molar-refractivity contribution is -0.140. The highest BCUT2D eigenvalue weighted by molar-refractivity contribution is 5.97. The third-order valence-electron chi connectivity index (χ3n) is 6.07. The Bertz CT molecular complexity index is 603. The number of anilines is 1. The lowest BCUT2D eigenvalue weighted by Crippen LogP contribution is -2.43. The SMILES string of the molecule is CCCOC1(C(=O)Nc2ccc(OCCN3CCC(C)CC3)cc2)CCCC1. The summed E-state index contributed by atoms with van der Waals surface area (Å²) < 4.78 is 11.9. The molecule has 0 spiro atoms. The number of nitrogens with zero attached hydrogens (tertiary/aromatic N) is 1. The predicted octanol–water partition coefficient (Wildman–Crippen LogP) is 4.48. The summed E-state index contributed by atoms with van der Waals surface area (Å²) in [6.07, 6.45) is 7.25. The molecule has 1 saturated carbocycles. The number of ether oxygens (including phenoxy) is 2. The summed E-state index contributed by atoms with van der Waals surface area (Å²) in [5.41, 5.74) is 0.158. The van der Waals surface area contributed by atoms with E-state index in [0.29, 0.717) is 13.2 Å². The van der Waals surface area contributed by atoms with Crippen molar-refractivity contribution >= 4 is 11.6 Å². The molecule has 28 heavy (non-hydrogen) atoms. The van der Waals surface area contributed by atoms with Gasteiger partial charge in [-0.15, -0.1) is 0 Å². The third-order valence-corrected chi connectivity index (χ3v) is 6.07. The predicted molar refractivity (Wildman–Crippen MR) is 113 cm³/mol. The van der Waals surface area contributed by atoms with Gasteiger partial charge in [-0.05, 0) is 88.2 Å². The van der Waals surface area contributed by atoms with Crippen LogP contribution in [0.5, 0.6) is 5.75 Å². The third kappa shape index (κ3) is 5.71. The number of carbonyl (C=O) groups excluding carboxylic acids is 1. The van der Waals surface area contributed by atoms with Crippen LogP contribution in [0.4, 0.5) is 5.69 Å². The van der Waals surface area contributed by atoms with Crippen molar-refractivity contribution in [3.63, 3.8) is 0 Å². The van der Waals surface area contributed by atoms with Crippen LogP contribution < -0.4 is 10.1 Å². The van der Waals surface area contributed by atoms with Crippen LogP contribution in [0.25, 0.3) is 0 Å². The molecule has 156 valence electrons. The zero-order chi connectivity index (χ0) is 19.8. The first-order chi connectivity index (χ1) is 13.6. The van der Waals surface area contributed by atoms with E-state index < -0.39 is 5.60 Å². The van der Waals surface area contributed by atoms with Gasteiger partial charge in [-0.2, -0.15) is 0 Å². The van der Waals surface area contributed by atoms with Crippen LogP contribution in [0.1, 0.15) is 58.8 Å². The highest BCUT2D eigenvalue weighted by Gasteiger charge is 2.42. The van der Waals surface area contributed by atoms with Crippen molar-refractivity contribution in [2.75, 3.05) is 38.2 Å². The summed E-state index contributed by atoms with van der Waals surface area (Å²) >= 11 is 0. The second-order valence-corrected chi connectivity index (χ2v) is 8.40. The van der Waals surface area contributed by atoms with Crippen LogP contribution in [-0.2, 0) is 9.53 Å². The average Bonchev–Trinajstić information content (AvgIpc) is 3.19. The minimum absolute atomic E-state index is 0.00792. The van der Waals surface area contributed by atoms with E-state index in [0.717, 1.165) is 56.0 Å². The van der Waals surface area contributed by atoms with Gasteiger partial charge in [-0.3, -0.25) is 9.69 Å². The molecule has 1 aliphatic carbocycles. The summed E-state index contributed by atoms with van der Waals surface area (Å²) in [4.78, 5) is 15.3. The molecule has 3 rings (SSSR count). The lowest BCUT2D eigenvalue weighted by atomic mass is 9.99. The van der Waals surface area contributed by atoms with Crippen molar-refractivity contribution in [2.45, 2.75) is 64.4 Å². The number of likely N-dealkylation sites (tertiary alicyclic amines) is 1. The molecule has 1 aromatic carbocycles. The minimum atomic E-state index is -0.642. The normalized spacial score (nSPS) is 20.2. The maximum atomic E-state index is 12.8. The molecule has 0 bridgehead atoms. The summed E-state index contributed by atoms with van der Waals surface area (Å²) in [5.74, 6) is 1.70. The van der Waals surface area contributed by atoms with E-state index in [4.69, 9.17) is 9.47 Å². The molecule has 1 aliphatic heterocycles. The number of hydrogen-bond donors (Lipinski definition) is 1.